The molecule has 36 heavy (non-hydrogen) atoms. The number of amides is 2. The smallest absolute Gasteiger partial charge is 0.339 e. The van der Waals surface area contributed by atoms with Crippen LogP contribution in [-0.2, 0) is 22.6 Å². The van der Waals surface area contributed by atoms with Gasteiger partial charge < -0.3 is 15.2 Å². The monoisotopic (exact) mass is 515 g/mol. The molecular formula is C26H24F3N3O3S. The number of aromatic nitrogens is 1. The molecule has 0 aliphatic carbocycles. The first kappa shape index (κ1) is 25.3. The van der Waals surface area contributed by atoms with E-state index in [1.54, 1.807) is 19.1 Å². The minimum Gasteiger partial charge on any atom is -0.339 e. The average Bonchev–Trinajstić information content (AvgIpc) is 3.11. The number of carbonyl (C=O) groups excluding carboxylic acids is 1. The van der Waals surface area contributed by atoms with Gasteiger partial charge in [0.05, 0.1) is 21.9 Å². The zero-order valence-corrected chi connectivity index (χ0v) is 20.2. The number of sulfone groups is 1. The summed E-state index contributed by atoms with van der Waals surface area (Å²) in [5.74, 6) is -0.415. The number of rotatable bonds is 7. The molecule has 188 valence electrons. The number of halogens is 3. The van der Waals surface area contributed by atoms with Crippen LogP contribution in [0, 0.1) is 6.92 Å². The van der Waals surface area contributed by atoms with Gasteiger partial charge in [0.2, 0.25) is 0 Å². The van der Waals surface area contributed by atoms with Crippen LogP contribution >= 0.6 is 0 Å². The molecule has 0 saturated heterocycles. The van der Waals surface area contributed by atoms with Crippen molar-refractivity contribution in [2.24, 2.45) is 0 Å². The van der Waals surface area contributed by atoms with Crippen LogP contribution in [-0.4, -0.2) is 31.3 Å². The van der Waals surface area contributed by atoms with Crippen LogP contribution in [0.2, 0.25) is 0 Å². The molecule has 4 aromatic rings. The van der Waals surface area contributed by atoms with Crippen LogP contribution in [0.3, 0.4) is 0 Å². The lowest BCUT2D eigenvalue weighted by Crippen LogP contribution is -2.33. The maximum atomic E-state index is 13.3. The minimum absolute atomic E-state index is 0.179. The molecule has 0 spiro atoms. The summed E-state index contributed by atoms with van der Waals surface area (Å²) in [6.07, 6.45) is -4.64. The summed E-state index contributed by atoms with van der Waals surface area (Å²) >= 11 is 0. The Kier molecular flexibility index (Phi) is 7.07. The Morgan fingerprint density at radius 1 is 0.917 bits per heavy atom. The number of urea groups is 1. The van der Waals surface area contributed by atoms with Gasteiger partial charge >= 0.3 is 12.2 Å². The van der Waals surface area contributed by atoms with E-state index in [1.807, 2.05) is 47.0 Å². The van der Waals surface area contributed by atoms with E-state index in [1.165, 1.54) is 12.1 Å². The van der Waals surface area contributed by atoms with Crippen molar-refractivity contribution in [3.8, 4) is 0 Å². The number of alkyl halides is 3. The normalized spacial score (nSPS) is 12.0. The summed E-state index contributed by atoms with van der Waals surface area (Å²) in [6.45, 7) is 1.95. The molecule has 0 saturated carbocycles. The quantitative estimate of drug-likeness (QED) is 0.336. The molecule has 3 aromatic carbocycles. The standard InChI is InChI=1S/C26H24F3N3O3S/c1-18-24(20-11-5-8-14-23(20)32(18)17-19-9-3-2-4-10-19)36(34,35)16-15-30-25(33)31-22-13-7-6-12-21(22)26(27,28)29/h2-14H,15-17H2,1H3,(H2,30,31,33). The van der Waals surface area contributed by atoms with Gasteiger partial charge in [-0.1, -0.05) is 60.7 Å². The highest BCUT2D eigenvalue weighted by atomic mass is 32.2. The molecule has 2 amide bonds. The molecule has 0 unspecified atom stereocenters. The van der Waals surface area contributed by atoms with E-state index in [-0.39, 0.29) is 11.4 Å². The largest absolute Gasteiger partial charge is 0.418 e. The third-order valence-corrected chi connectivity index (χ3v) is 7.68. The summed E-state index contributed by atoms with van der Waals surface area (Å²) in [4.78, 5) is 12.4. The highest BCUT2D eigenvalue weighted by molar-refractivity contribution is 7.91. The molecule has 0 radical (unpaired) electrons. The van der Waals surface area contributed by atoms with E-state index < -0.39 is 39.0 Å². The van der Waals surface area contributed by atoms with Gasteiger partial charge in [-0.3, -0.25) is 0 Å². The second-order valence-electron chi connectivity index (χ2n) is 8.25. The number of hydrogen-bond acceptors (Lipinski definition) is 3. The fraction of sp³-hybridized carbons (Fsp3) is 0.192. The number of carbonyl (C=O) groups is 1. The van der Waals surface area contributed by atoms with Gasteiger partial charge in [-0.2, -0.15) is 13.2 Å². The maximum Gasteiger partial charge on any atom is 0.418 e. The van der Waals surface area contributed by atoms with Crippen molar-refractivity contribution in [2.75, 3.05) is 17.6 Å². The Bertz CT molecular complexity index is 1500. The van der Waals surface area contributed by atoms with E-state index in [4.69, 9.17) is 0 Å². The summed E-state index contributed by atoms with van der Waals surface area (Å²) < 4.78 is 68.0. The predicted octanol–water partition coefficient (Wildman–Crippen LogP) is 5.61. The third kappa shape index (κ3) is 5.38. The van der Waals surface area contributed by atoms with Crippen molar-refractivity contribution in [1.82, 2.24) is 9.88 Å². The molecule has 0 aliphatic heterocycles. The van der Waals surface area contributed by atoms with Gasteiger partial charge in [-0.15, -0.1) is 0 Å². The minimum atomic E-state index is -4.64. The van der Waals surface area contributed by atoms with Crippen molar-refractivity contribution < 1.29 is 26.4 Å². The number of hydrogen-bond donors (Lipinski definition) is 2. The van der Waals surface area contributed by atoms with E-state index in [9.17, 15) is 26.4 Å². The van der Waals surface area contributed by atoms with Crippen molar-refractivity contribution in [3.05, 3.63) is 95.7 Å². The SMILES string of the molecule is Cc1c(S(=O)(=O)CCNC(=O)Nc2ccccc2C(F)(F)F)c2ccccc2n1Cc1ccccc1. The van der Waals surface area contributed by atoms with Crippen molar-refractivity contribution in [1.29, 1.82) is 0 Å². The number of fused-ring (bicyclic) bond motifs is 1. The molecule has 0 atom stereocenters. The second-order valence-corrected chi connectivity index (χ2v) is 10.3. The zero-order valence-electron chi connectivity index (χ0n) is 19.3. The number of para-hydroxylation sites is 2. The number of anilines is 1. The first-order valence-electron chi connectivity index (χ1n) is 11.1. The van der Waals surface area contributed by atoms with Crippen molar-refractivity contribution >= 4 is 32.5 Å². The van der Waals surface area contributed by atoms with Gasteiger partial charge in [0, 0.05) is 29.7 Å². The summed E-state index contributed by atoms with van der Waals surface area (Å²) in [5.41, 5.74) is 0.957. The maximum absolute atomic E-state index is 13.3. The molecular weight excluding hydrogens is 491 g/mol. The fourth-order valence-electron chi connectivity index (χ4n) is 4.17. The van der Waals surface area contributed by atoms with Gasteiger partial charge in [0.1, 0.15) is 0 Å². The lowest BCUT2D eigenvalue weighted by Gasteiger charge is -2.14. The van der Waals surface area contributed by atoms with Gasteiger partial charge in [0.15, 0.2) is 9.84 Å². The third-order valence-electron chi connectivity index (χ3n) is 5.80. The molecule has 4 rings (SSSR count). The number of nitrogens with one attached hydrogen (secondary N) is 2. The second kappa shape index (κ2) is 10.1. The average molecular weight is 516 g/mol. The zero-order chi connectivity index (χ0) is 25.9. The molecule has 0 aliphatic rings. The topological polar surface area (TPSA) is 80.2 Å². The van der Waals surface area contributed by atoms with Crippen LogP contribution in [0.1, 0.15) is 16.8 Å². The predicted molar refractivity (Wildman–Crippen MR) is 133 cm³/mol. The molecule has 2 N–H and O–H groups in total. The Labute approximate surface area is 206 Å². The van der Waals surface area contributed by atoms with Crippen LogP contribution in [0.4, 0.5) is 23.7 Å². The summed E-state index contributed by atoms with van der Waals surface area (Å²) in [5, 5.41) is 5.07. The van der Waals surface area contributed by atoms with Crippen LogP contribution < -0.4 is 10.6 Å². The number of benzene rings is 3. The Hall–Kier alpha value is -3.79. The van der Waals surface area contributed by atoms with Gasteiger partial charge in [0.25, 0.3) is 0 Å². The molecule has 1 heterocycles. The van der Waals surface area contributed by atoms with E-state index >= 15 is 0 Å². The Balaban J connectivity index is 1.51. The van der Waals surface area contributed by atoms with Crippen molar-refractivity contribution in [2.45, 2.75) is 24.5 Å². The van der Waals surface area contributed by atoms with Gasteiger partial charge in [-0.05, 0) is 30.7 Å². The van der Waals surface area contributed by atoms with Crippen LogP contribution in [0.25, 0.3) is 10.9 Å². The lowest BCUT2D eigenvalue weighted by molar-refractivity contribution is -0.136. The number of nitrogens with zero attached hydrogens (tertiary/aromatic N) is 1. The molecule has 10 heteroatoms. The Morgan fingerprint density at radius 3 is 2.28 bits per heavy atom. The fourth-order valence-corrected chi connectivity index (χ4v) is 5.81. The highest BCUT2D eigenvalue weighted by Gasteiger charge is 2.33. The van der Waals surface area contributed by atoms with E-state index in [2.05, 4.69) is 10.6 Å². The molecule has 0 bridgehead atoms. The summed E-state index contributed by atoms with van der Waals surface area (Å²) in [7, 11) is -3.83. The van der Waals surface area contributed by atoms with E-state index in [0.717, 1.165) is 23.2 Å². The van der Waals surface area contributed by atoms with Crippen LogP contribution in [0.15, 0.2) is 83.8 Å². The highest BCUT2D eigenvalue weighted by Crippen LogP contribution is 2.34. The Morgan fingerprint density at radius 2 is 1.56 bits per heavy atom. The first-order valence-corrected chi connectivity index (χ1v) is 12.8. The molecule has 0 fully saturated rings. The van der Waals surface area contributed by atoms with E-state index in [0.29, 0.717) is 17.6 Å². The summed E-state index contributed by atoms with van der Waals surface area (Å²) in [6, 6.07) is 20.5. The van der Waals surface area contributed by atoms with Crippen molar-refractivity contribution in [3.63, 3.8) is 0 Å². The van der Waals surface area contributed by atoms with Gasteiger partial charge in [-0.25, -0.2) is 13.2 Å². The molecule has 1 aromatic heterocycles. The lowest BCUT2D eigenvalue weighted by atomic mass is 10.1. The molecule has 6 nitrogen and oxygen atoms in total. The van der Waals surface area contributed by atoms with Crippen LogP contribution in [0.5, 0.6) is 0 Å². The first-order chi connectivity index (χ1) is 17.1.